The molecule has 55 heavy (non-hydrogen) atoms. The molecule has 0 fully saturated rings. The zero-order valence-electron chi connectivity index (χ0n) is 29.9. The highest BCUT2D eigenvalue weighted by molar-refractivity contribution is 6.25. The van der Waals surface area contributed by atoms with Crippen LogP contribution in [0.3, 0.4) is 0 Å². The summed E-state index contributed by atoms with van der Waals surface area (Å²) in [5, 5.41) is 9.78. The Bertz CT molecular complexity index is 3280. The lowest BCUT2D eigenvalue weighted by Crippen LogP contribution is -1.94. The molecular weight excluding hydrogens is 665 g/mol. The van der Waals surface area contributed by atoms with Crippen LogP contribution in [0.1, 0.15) is 0 Å². The quantitative estimate of drug-likeness (QED) is 0.167. The predicted octanol–water partition coefficient (Wildman–Crippen LogP) is 15.4. The number of benzene rings is 10. The van der Waals surface area contributed by atoms with Gasteiger partial charge >= 0.3 is 0 Å². The molecule has 0 saturated carbocycles. The minimum absolute atomic E-state index is 0.896. The predicted molar refractivity (Wildman–Crippen MR) is 232 cm³/mol. The molecule has 0 spiro atoms. The van der Waals surface area contributed by atoms with E-state index >= 15 is 0 Å². The average molecular weight is 697 g/mol. The fourth-order valence-electron chi connectivity index (χ4n) is 9.52. The van der Waals surface area contributed by atoms with E-state index in [0.717, 1.165) is 27.5 Å². The number of para-hydroxylation sites is 1. The molecular formula is C54H32O. The first-order valence-corrected chi connectivity index (χ1v) is 19.0. The number of furan rings is 1. The number of hydrogen-bond acceptors (Lipinski definition) is 1. The molecule has 10 aromatic carbocycles. The zero-order chi connectivity index (χ0) is 36.0. The molecule has 0 saturated heterocycles. The molecule has 11 aromatic rings. The Kier molecular flexibility index (Phi) is 6.40. The first-order valence-electron chi connectivity index (χ1n) is 19.0. The van der Waals surface area contributed by atoms with Gasteiger partial charge in [0.2, 0.25) is 0 Å². The van der Waals surface area contributed by atoms with Crippen molar-refractivity contribution in [3.63, 3.8) is 0 Å². The van der Waals surface area contributed by atoms with Crippen molar-refractivity contribution >= 4 is 54.3 Å². The molecule has 1 aliphatic carbocycles. The van der Waals surface area contributed by atoms with Crippen molar-refractivity contribution in [1.82, 2.24) is 0 Å². The van der Waals surface area contributed by atoms with Gasteiger partial charge in [0.25, 0.3) is 0 Å². The second kappa shape index (κ2) is 11.6. The third-order valence-electron chi connectivity index (χ3n) is 11.8. The summed E-state index contributed by atoms with van der Waals surface area (Å²) in [6.07, 6.45) is 0. The molecule has 1 nitrogen and oxygen atoms in total. The third-order valence-corrected chi connectivity index (χ3v) is 11.8. The molecule has 0 bridgehead atoms. The minimum atomic E-state index is 0.896. The average Bonchev–Trinajstić information content (AvgIpc) is 3.79. The summed E-state index contributed by atoms with van der Waals surface area (Å²) in [4.78, 5) is 0. The van der Waals surface area contributed by atoms with Gasteiger partial charge in [-0.3, -0.25) is 0 Å². The number of rotatable bonds is 4. The monoisotopic (exact) mass is 696 g/mol. The number of hydrogen-bond donors (Lipinski definition) is 0. The summed E-state index contributed by atoms with van der Waals surface area (Å²) in [5.41, 5.74) is 16.8. The molecule has 0 N–H and O–H groups in total. The van der Waals surface area contributed by atoms with Gasteiger partial charge in [-0.25, -0.2) is 0 Å². The van der Waals surface area contributed by atoms with Crippen molar-refractivity contribution in [2.24, 2.45) is 0 Å². The molecule has 1 heteroatoms. The van der Waals surface area contributed by atoms with Crippen LogP contribution in [-0.2, 0) is 0 Å². The molecule has 12 rings (SSSR count). The zero-order valence-corrected chi connectivity index (χ0v) is 29.9. The smallest absolute Gasteiger partial charge is 0.136 e. The highest BCUT2D eigenvalue weighted by Gasteiger charge is 2.25. The van der Waals surface area contributed by atoms with Crippen LogP contribution in [-0.4, -0.2) is 0 Å². The largest absolute Gasteiger partial charge is 0.456 e. The fourth-order valence-corrected chi connectivity index (χ4v) is 9.52. The van der Waals surface area contributed by atoms with Crippen LogP contribution in [0.4, 0.5) is 0 Å². The second-order valence-electron chi connectivity index (χ2n) is 14.7. The van der Waals surface area contributed by atoms with Gasteiger partial charge in [-0.1, -0.05) is 176 Å². The lowest BCUT2D eigenvalue weighted by atomic mass is 9.81. The maximum absolute atomic E-state index is 6.56. The van der Waals surface area contributed by atoms with Gasteiger partial charge in [0.05, 0.1) is 0 Å². The van der Waals surface area contributed by atoms with Crippen LogP contribution in [0.15, 0.2) is 199 Å². The maximum atomic E-state index is 6.56. The van der Waals surface area contributed by atoms with Crippen LogP contribution in [0.5, 0.6) is 0 Å². The Morgan fingerprint density at radius 3 is 1.38 bits per heavy atom. The van der Waals surface area contributed by atoms with Crippen molar-refractivity contribution in [3.05, 3.63) is 194 Å². The van der Waals surface area contributed by atoms with Gasteiger partial charge < -0.3 is 4.42 Å². The summed E-state index contributed by atoms with van der Waals surface area (Å²) in [5.74, 6) is 0. The van der Waals surface area contributed by atoms with Crippen molar-refractivity contribution in [3.8, 4) is 66.8 Å². The van der Waals surface area contributed by atoms with E-state index in [0.29, 0.717) is 0 Å². The van der Waals surface area contributed by atoms with E-state index in [4.69, 9.17) is 4.42 Å². The van der Waals surface area contributed by atoms with Gasteiger partial charge in [0.1, 0.15) is 11.2 Å². The maximum Gasteiger partial charge on any atom is 0.136 e. The third kappa shape index (κ3) is 4.35. The highest BCUT2D eigenvalue weighted by atomic mass is 16.3. The van der Waals surface area contributed by atoms with Crippen molar-refractivity contribution in [2.45, 2.75) is 0 Å². The Labute approximate surface area is 318 Å². The summed E-state index contributed by atoms with van der Waals surface area (Å²) in [6, 6.07) is 71.0. The van der Waals surface area contributed by atoms with Crippen LogP contribution in [0.2, 0.25) is 0 Å². The van der Waals surface area contributed by atoms with Crippen molar-refractivity contribution in [1.29, 1.82) is 0 Å². The van der Waals surface area contributed by atoms with E-state index in [-0.39, 0.29) is 0 Å². The Balaban J connectivity index is 1.17. The fraction of sp³-hybridized carbons (Fsp3) is 0. The Morgan fingerprint density at radius 1 is 0.236 bits per heavy atom. The van der Waals surface area contributed by atoms with Gasteiger partial charge in [-0.2, -0.15) is 0 Å². The van der Waals surface area contributed by atoms with E-state index in [1.54, 1.807) is 0 Å². The molecule has 0 aliphatic heterocycles. The van der Waals surface area contributed by atoms with Crippen molar-refractivity contribution in [2.75, 3.05) is 0 Å². The highest BCUT2D eigenvalue weighted by Crippen LogP contribution is 2.52. The topological polar surface area (TPSA) is 13.1 Å². The summed E-state index contributed by atoms with van der Waals surface area (Å²) in [7, 11) is 0. The molecule has 1 aromatic heterocycles. The minimum Gasteiger partial charge on any atom is -0.456 e. The molecule has 1 heterocycles. The van der Waals surface area contributed by atoms with Crippen LogP contribution in [0.25, 0.3) is 121 Å². The van der Waals surface area contributed by atoms with Gasteiger partial charge in [0, 0.05) is 10.8 Å². The molecule has 0 amide bonds. The molecule has 0 unspecified atom stereocenters. The molecule has 0 atom stereocenters. The van der Waals surface area contributed by atoms with E-state index in [2.05, 4.69) is 188 Å². The molecule has 0 radical (unpaired) electrons. The van der Waals surface area contributed by atoms with Crippen LogP contribution in [0, 0.1) is 0 Å². The lowest BCUT2D eigenvalue weighted by molar-refractivity contribution is 0.669. The number of fused-ring (bicyclic) bond motifs is 8. The van der Waals surface area contributed by atoms with E-state index < -0.39 is 0 Å². The van der Waals surface area contributed by atoms with Gasteiger partial charge in [-0.05, 0) is 117 Å². The summed E-state index contributed by atoms with van der Waals surface area (Å²) in [6.45, 7) is 0. The van der Waals surface area contributed by atoms with E-state index in [1.807, 2.05) is 6.07 Å². The lowest BCUT2D eigenvalue weighted by Gasteiger charge is -2.21. The summed E-state index contributed by atoms with van der Waals surface area (Å²) >= 11 is 0. The standard InChI is InChI=1S/C54H32O/c1-2-15-33(16-3-1)47-31-48-38-20-12-13-28-50(38)55-51(48)32-49(47)54-44-24-10-8-22-42(44)53(43-23-9-11-25-45(43)54)39-21-7-6-19-36(39)37-29-30-46-35-18-5-4-17-34(35)40-26-14-27-41(37)52(40)46/h1-32H. The van der Waals surface area contributed by atoms with E-state index in [9.17, 15) is 0 Å². The van der Waals surface area contributed by atoms with Gasteiger partial charge in [-0.15, -0.1) is 0 Å². The van der Waals surface area contributed by atoms with Gasteiger partial charge in [0.15, 0.2) is 0 Å². The van der Waals surface area contributed by atoms with Crippen LogP contribution < -0.4 is 0 Å². The first-order chi connectivity index (χ1) is 27.3. The molecule has 1 aliphatic rings. The van der Waals surface area contributed by atoms with Crippen molar-refractivity contribution < 1.29 is 4.42 Å². The normalized spacial score (nSPS) is 12.0. The second-order valence-corrected chi connectivity index (χ2v) is 14.7. The Hall–Kier alpha value is -7.22. The van der Waals surface area contributed by atoms with E-state index in [1.165, 1.54) is 93.5 Å². The van der Waals surface area contributed by atoms with Crippen LogP contribution >= 0.6 is 0 Å². The SMILES string of the molecule is c1ccc(-c2cc3c(cc2-c2c4ccccc4c(-c4ccccc4-c4ccc5c6c(cccc46)-c4ccccc4-5)c4ccccc24)oc2ccccc23)cc1. The summed E-state index contributed by atoms with van der Waals surface area (Å²) < 4.78 is 6.56. The molecule has 254 valence electrons. The first kappa shape index (κ1) is 30.3. The Morgan fingerprint density at radius 2 is 0.709 bits per heavy atom.